The largest absolute Gasteiger partial charge is 0.346 e. The zero-order valence-corrected chi connectivity index (χ0v) is 13.0. The van der Waals surface area contributed by atoms with E-state index in [0.717, 1.165) is 16.3 Å². The minimum Gasteiger partial charge on any atom is -0.346 e. The Balaban J connectivity index is 1.66. The first kappa shape index (κ1) is 14.9. The number of nitrogens with zero attached hydrogens (tertiary/aromatic N) is 2. The third kappa shape index (κ3) is 3.62. The second-order valence-corrected chi connectivity index (χ2v) is 5.74. The summed E-state index contributed by atoms with van der Waals surface area (Å²) in [6.45, 7) is 0.360. The Labute approximate surface area is 138 Å². The number of benzene rings is 2. The summed E-state index contributed by atoms with van der Waals surface area (Å²) in [6.07, 6.45) is 0. The topological polar surface area (TPSA) is 65.8 Å². The van der Waals surface area contributed by atoms with Gasteiger partial charge in [-0.1, -0.05) is 36.4 Å². The van der Waals surface area contributed by atoms with E-state index in [1.807, 2.05) is 41.8 Å². The van der Waals surface area contributed by atoms with Gasteiger partial charge in [0.1, 0.15) is 5.01 Å². The zero-order chi connectivity index (χ0) is 16.1. The van der Waals surface area contributed by atoms with Crippen LogP contribution in [-0.2, 0) is 6.54 Å². The molecule has 23 heavy (non-hydrogen) atoms. The Morgan fingerprint density at radius 2 is 2.00 bits per heavy atom. The lowest BCUT2D eigenvalue weighted by atomic mass is 10.1. The van der Waals surface area contributed by atoms with E-state index in [0.29, 0.717) is 17.7 Å². The van der Waals surface area contributed by atoms with Crippen molar-refractivity contribution in [3.05, 3.63) is 76.8 Å². The molecule has 2 aromatic carbocycles. The second-order valence-electron chi connectivity index (χ2n) is 4.89. The number of nitriles is 1. The molecule has 1 aromatic heterocycles. The maximum atomic E-state index is 12.1. The van der Waals surface area contributed by atoms with Gasteiger partial charge in [0.25, 0.3) is 5.91 Å². The molecule has 1 heterocycles. The van der Waals surface area contributed by atoms with Crippen LogP contribution in [0, 0.1) is 11.3 Å². The number of hydrogen-bond donors (Lipinski definition) is 1. The number of rotatable bonds is 4. The molecule has 3 aromatic rings. The number of amides is 1. The van der Waals surface area contributed by atoms with Crippen molar-refractivity contribution in [1.82, 2.24) is 10.3 Å². The molecule has 0 saturated heterocycles. The average Bonchev–Trinajstić information content (AvgIpc) is 3.09. The highest BCUT2D eigenvalue weighted by Crippen LogP contribution is 2.23. The predicted octanol–water partition coefficient (Wildman–Crippen LogP) is 3.61. The van der Waals surface area contributed by atoms with Crippen molar-refractivity contribution in [1.29, 1.82) is 5.26 Å². The molecule has 3 rings (SSSR count). The third-order valence-corrected chi connectivity index (χ3v) is 4.20. The van der Waals surface area contributed by atoms with E-state index in [1.165, 1.54) is 0 Å². The number of carbonyl (C=O) groups excluding carboxylic acids is 1. The average molecular weight is 319 g/mol. The summed E-state index contributed by atoms with van der Waals surface area (Å²) in [5.74, 6) is -0.212. The smallest absolute Gasteiger partial charge is 0.251 e. The van der Waals surface area contributed by atoms with Crippen LogP contribution >= 0.6 is 11.3 Å². The summed E-state index contributed by atoms with van der Waals surface area (Å²) >= 11 is 1.55. The van der Waals surface area contributed by atoms with E-state index in [-0.39, 0.29) is 5.91 Å². The van der Waals surface area contributed by atoms with Gasteiger partial charge in [0, 0.05) is 16.5 Å². The molecule has 0 atom stereocenters. The summed E-state index contributed by atoms with van der Waals surface area (Å²) in [7, 11) is 0. The molecule has 0 fully saturated rings. The van der Waals surface area contributed by atoms with Crippen molar-refractivity contribution in [2.75, 3.05) is 0 Å². The number of hydrogen-bond acceptors (Lipinski definition) is 4. The Hall–Kier alpha value is -2.97. The highest BCUT2D eigenvalue weighted by molar-refractivity contribution is 7.13. The van der Waals surface area contributed by atoms with Gasteiger partial charge >= 0.3 is 0 Å². The van der Waals surface area contributed by atoms with Gasteiger partial charge < -0.3 is 5.32 Å². The number of carbonyl (C=O) groups is 1. The van der Waals surface area contributed by atoms with Crippen LogP contribution in [0.2, 0.25) is 0 Å². The molecular weight excluding hydrogens is 306 g/mol. The van der Waals surface area contributed by atoms with Gasteiger partial charge in [-0.15, -0.1) is 11.3 Å². The molecule has 0 radical (unpaired) electrons. The number of aromatic nitrogens is 1. The SMILES string of the molecule is N#Cc1cccc(C(=O)NCc2csc(-c3ccccc3)n2)c1. The minimum absolute atomic E-state index is 0.212. The first-order chi connectivity index (χ1) is 11.3. The normalized spacial score (nSPS) is 10.0. The molecule has 1 amide bonds. The van der Waals surface area contributed by atoms with Gasteiger partial charge in [-0.05, 0) is 18.2 Å². The molecular formula is C18H13N3OS. The van der Waals surface area contributed by atoms with Crippen LogP contribution in [0.1, 0.15) is 21.6 Å². The van der Waals surface area contributed by atoms with E-state index in [9.17, 15) is 4.79 Å². The van der Waals surface area contributed by atoms with E-state index >= 15 is 0 Å². The summed E-state index contributed by atoms with van der Waals surface area (Å²) < 4.78 is 0. The molecule has 5 heteroatoms. The highest BCUT2D eigenvalue weighted by atomic mass is 32.1. The maximum Gasteiger partial charge on any atom is 0.251 e. The van der Waals surface area contributed by atoms with Crippen molar-refractivity contribution < 1.29 is 4.79 Å². The van der Waals surface area contributed by atoms with Crippen LogP contribution in [0.3, 0.4) is 0 Å². The van der Waals surface area contributed by atoms with E-state index < -0.39 is 0 Å². The van der Waals surface area contributed by atoms with Gasteiger partial charge in [-0.2, -0.15) is 5.26 Å². The van der Waals surface area contributed by atoms with Crippen molar-refractivity contribution in [3.8, 4) is 16.6 Å². The van der Waals surface area contributed by atoms with E-state index in [2.05, 4.69) is 10.3 Å². The van der Waals surface area contributed by atoms with Crippen molar-refractivity contribution in [2.24, 2.45) is 0 Å². The van der Waals surface area contributed by atoms with Gasteiger partial charge in [0.15, 0.2) is 0 Å². The van der Waals surface area contributed by atoms with Crippen LogP contribution < -0.4 is 5.32 Å². The summed E-state index contributed by atoms with van der Waals surface area (Å²) in [5.41, 5.74) is 2.83. The fraction of sp³-hybridized carbons (Fsp3) is 0.0556. The standard InChI is InChI=1S/C18H13N3OS/c19-10-13-5-4-8-15(9-13)17(22)20-11-16-12-23-18(21-16)14-6-2-1-3-7-14/h1-9,12H,11H2,(H,20,22). The van der Waals surface area contributed by atoms with E-state index in [1.54, 1.807) is 35.6 Å². The quantitative estimate of drug-likeness (QED) is 0.799. The zero-order valence-electron chi connectivity index (χ0n) is 12.2. The highest BCUT2D eigenvalue weighted by Gasteiger charge is 2.08. The molecule has 0 spiro atoms. The first-order valence-corrected chi connectivity index (χ1v) is 7.92. The molecule has 0 aliphatic carbocycles. The molecule has 0 saturated carbocycles. The molecule has 0 bridgehead atoms. The Morgan fingerprint density at radius 3 is 2.78 bits per heavy atom. The van der Waals surface area contributed by atoms with Crippen LogP contribution in [0.4, 0.5) is 0 Å². The van der Waals surface area contributed by atoms with E-state index in [4.69, 9.17) is 5.26 Å². The van der Waals surface area contributed by atoms with Gasteiger partial charge in [0.05, 0.1) is 23.9 Å². The minimum atomic E-state index is -0.212. The van der Waals surface area contributed by atoms with Crippen LogP contribution in [0.15, 0.2) is 60.0 Å². The fourth-order valence-corrected chi connectivity index (χ4v) is 2.93. The summed E-state index contributed by atoms with van der Waals surface area (Å²) in [6, 6.07) is 18.6. The fourth-order valence-electron chi connectivity index (χ4n) is 2.10. The van der Waals surface area contributed by atoms with Crippen LogP contribution in [0.25, 0.3) is 10.6 Å². The van der Waals surface area contributed by atoms with Gasteiger partial charge in [-0.3, -0.25) is 4.79 Å². The number of nitrogens with one attached hydrogen (secondary N) is 1. The van der Waals surface area contributed by atoms with Crippen LogP contribution in [0.5, 0.6) is 0 Å². The van der Waals surface area contributed by atoms with Crippen molar-refractivity contribution in [2.45, 2.75) is 6.54 Å². The molecule has 112 valence electrons. The van der Waals surface area contributed by atoms with Gasteiger partial charge in [0.2, 0.25) is 0 Å². The Kier molecular flexibility index (Phi) is 4.46. The van der Waals surface area contributed by atoms with Crippen molar-refractivity contribution in [3.63, 3.8) is 0 Å². The molecule has 0 aliphatic heterocycles. The van der Waals surface area contributed by atoms with Crippen molar-refractivity contribution >= 4 is 17.2 Å². The number of thiazole rings is 1. The van der Waals surface area contributed by atoms with Gasteiger partial charge in [-0.25, -0.2) is 4.98 Å². The summed E-state index contributed by atoms with van der Waals surface area (Å²) in [5, 5.41) is 14.6. The molecule has 0 unspecified atom stereocenters. The summed E-state index contributed by atoms with van der Waals surface area (Å²) in [4.78, 5) is 16.6. The Bertz CT molecular complexity index is 865. The lowest BCUT2D eigenvalue weighted by molar-refractivity contribution is 0.0950. The monoisotopic (exact) mass is 319 g/mol. The second kappa shape index (κ2) is 6.86. The lowest BCUT2D eigenvalue weighted by Crippen LogP contribution is -2.22. The predicted molar refractivity (Wildman–Crippen MR) is 89.9 cm³/mol. The molecule has 4 nitrogen and oxygen atoms in total. The molecule has 1 N–H and O–H groups in total. The Morgan fingerprint density at radius 1 is 1.17 bits per heavy atom. The van der Waals surface area contributed by atoms with Crippen LogP contribution in [-0.4, -0.2) is 10.9 Å². The lowest BCUT2D eigenvalue weighted by Gasteiger charge is -2.03. The third-order valence-electron chi connectivity index (χ3n) is 3.26. The first-order valence-electron chi connectivity index (χ1n) is 7.04. The maximum absolute atomic E-state index is 12.1. The molecule has 0 aliphatic rings.